The number of nitrogens with zero attached hydrogens (tertiary/aromatic N) is 1. The molecule has 3 unspecified atom stereocenters. The number of fused-ring (bicyclic) bond motifs is 1. The maximum absolute atomic E-state index is 6.03. The molecule has 0 saturated carbocycles. The fourth-order valence-electron chi connectivity index (χ4n) is 3.63. The fourth-order valence-corrected chi connectivity index (χ4v) is 3.63. The normalized spacial score (nSPS) is 30.0. The minimum absolute atomic E-state index is 0.403. The molecular formula is C17H26N2O. The maximum atomic E-state index is 6.03. The summed E-state index contributed by atoms with van der Waals surface area (Å²) < 4.78 is 6.03. The molecule has 1 saturated heterocycles. The minimum atomic E-state index is 0.403. The predicted octanol–water partition coefficient (Wildman–Crippen LogP) is 2.97. The summed E-state index contributed by atoms with van der Waals surface area (Å²) in [5.74, 6) is 1.06. The third-order valence-corrected chi connectivity index (χ3v) is 4.69. The monoisotopic (exact) mass is 274 g/mol. The average molecular weight is 274 g/mol. The fraction of sp³-hybridized carbons (Fsp3) is 0.647. The lowest BCUT2D eigenvalue weighted by Crippen LogP contribution is -2.51. The third kappa shape index (κ3) is 2.57. The molecular weight excluding hydrogens is 248 g/mol. The van der Waals surface area contributed by atoms with Gasteiger partial charge in [-0.2, -0.15) is 0 Å². The first kappa shape index (κ1) is 13.9. The van der Waals surface area contributed by atoms with E-state index in [4.69, 9.17) is 4.74 Å². The smallest absolute Gasteiger partial charge is 0.124 e. The molecule has 110 valence electrons. The molecule has 0 radical (unpaired) electrons. The van der Waals surface area contributed by atoms with Gasteiger partial charge >= 0.3 is 0 Å². The van der Waals surface area contributed by atoms with Crippen LogP contribution in [0, 0.1) is 0 Å². The van der Waals surface area contributed by atoms with Gasteiger partial charge in [0.2, 0.25) is 0 Å². The highest BCUT2D eigenvalue weighted by Crippen LogP contribution is 2.36. The SMILES string of the molecule is CCCNC1c2ccccc2OCC1N1CCCC1C. The van der Waals surface area contributed by atoms with Crippen LogP contribution in [-0.4, -0.2) is 36.7 Å². The van der Waals surface area contributed by atoms with E-state index in [-0.39, 0.29) is 0 Å². The van der Waals surface area contributed by atoms with Crippen LogP contribution in [-0.2, 0) is 0 Å². The van der Waals surface area contributed by atoms with Crippen LogP contribution in [0.5, 0.6) is 5.75 Å². The van der Waals surface area contributed by atoms with Crippen molar-refractivity contribution in [3.05, 3.63) is 29.8 Å². The van der Waals surface area contributed by atoms with Gasteiger partial charge in [0.05, 0.1) is 12.1 Å². The van der Waals surface area contributed by atoms with E-state index in [1.165, 1.54) is 31.4 Å². The summed E-state index contributed by atoms with van der Waals surface area (Å²) in [5.41, 5.74) is 1.33. The number of rotatable bonds is 4. The summed E-state index contributed by atoms with van der Waals surface area (Å²) in [5, 5.41) is 3.75. The highest BCUT2D eigenvalue weighted by atomic mass is 16.5. The number of nitrogens with one attached hydrogen (secondary N) is 1. The Morgan fingerprint density at radius 1 is 1.35 bits per heavy atom. The third-order valence-electron chi connectivity index (χ3n) is 4.69. The van der Waals surface area contributed by atoms with Gasteiger partial charge in [-0.15, -0.1) is 0 Å². The Kier molecular flexibility index (Phi) is 4.27. The van der Waals surface area contributed by atoms with Crippen molar-refractivity contribution in [2.24, 2.45) is 0 Å². The van der Waals surface area contributed by atoms with Crippen molar-refractivity contribution >= 4 is 0 Å². The molecule has 0 bridgehead atoms. The zero-order valence-corrected chi connectivity index (χ0v) is 12.6. The second-order valence-electron chi connectivity index (χ2n) is 6.08. The molecule has 3 heteroatoms. The van der Waals surface area contributed by atoms with Gasteiger partial charge in [-0.05, 0) is 45.3 Å². The molecule has 2 aliphatic rings. The second kappa shape index (κ2) is 6.15. The summed E-state index contributed by atoms with van der Waals surface area (Å²) in [6, 6.07) is 10.1. The maximum Gasteiger partial charge on any atom is 0.124 e. The highest BCUT2D eigenvalue weighted by molar-refractivity contribution is 5.39. The molecule has 3 nitrogen and oxygen atoms in total. The topological polar surface area (TPSA) is 24.5 Å². The van der Waals surface area contributed by atoms with E-state index in [1.807, 2.05) is 0 Å². The van der Waals surface area contributed by atoms with Crippen LogP contribution in [0.15, 0.2) is 24.3 Å². The van der Waals surface area contributed by atoms with Gasteiger partial charge in [0, 0.05) is 11.6 Å². The van der Waals surface area contributed by atoms with E-state index in [9.17, 15) is 0 Å². The Hall–Kier alpha value is -1.06. The zero-order valence-electron chi connectivity index (χ0n) is 12.6. The molecule has 0 amide bonds. The largest absolute Gasteiger partial charge is 0.492 e. The van der Waals surface area contributed by atoms with Gasteiger partial charge < -0.3 is 10.1 Å². The lowest BCUT2D eigenvalue weighted by atomic mass is 9.94. The van der Waals surface area contributed by atoms with Crippen LogP contribution < -0.4 is 10.1 Å². The van der Waals surface area contributed by atoms with Crippen molar-refractivity contribution in [2.45, 2.75) is 51.2 Å². The van der Waals surface area contributed by atoms with Crippen molar-refractivity contribution in [3.8, 4) is 5.75 Å². The summed E-state index contributed by atoms with van der Waals surface area (Å²) in [4.78, 5) is 2.64. The van der Waals surface area contributed by atoms with E-state index in [2.05, 4.69) is 48.3 Å². The second-order valence-corrected chi connectivity index (χ2v) is 6.08. The predicted molar refractivity (Wildman–Crippen MR) is 82.2 cm³/mol. The highest BCUT2D eigenvalue weighted by Gasteiger charge is 2.37. The Morgan fingerprint density at radius 2 is 2.20 bits per heavy atom. The first-order valence-corrected chi connectivity index (χ1v) is 8.02. The summed E-state index contributed by atoms with van der Waals surface area (Å²) in [6.07, 6.45) is 3.81. The van der Waals surface area contributed by atoms with Gasteiger partial charge in [-0.1, -0.05) is 25.1 Å². The Morgan fingerprint density at radius 3 is 2.95 bits per heavy atom. The standard InChI is InChI=1S/C17H26N2O/c1-3-10-18-17-14-8-4-5-9-16(14)20-12-15(17)19-11-6-7-13(19)2/h4-5,8-9,13,15,17-18H,3,6-7,10-12H2,1-2H3. The van der Waals surface area contributed by atoms with Crippen molar-refractivity contribution < 1.29 is 4.74 Å². The molecule has 0 spiro atoms. The van der Waals surface area contributed by atoms with Gasteiger partial charge in [0.15, 0.2) is 0 Å². The Bertz CT molecular complexity index is 448. The number of para-hydroxylation sites is 1. The lowest BCUT2D eigenvalue weighted by molar-refractivity contribution is 0.0810. The molecule has 1 aromatic rings. The number of hydrogen-bond donors (Lipinski definition) is 1. The molecule has 3 rings (SSSR count). The first-order valence-electron chi connectivity index (χ1n) is 8.02. The zero-order chi connectivity index (χ0) is 13.9. The summed E-state index contributed by atoms with van der Waals surface area (Å²) >= 11 is 0. The van der Waals surface area contributed by atoms with Gasteiger partial charge in [0.1, 0.15) is 12.4 Å². The molecule has 1 N–H and O–H groups in total. The van der Waals surface area contributed by atoms with Crippen LogP contribution in [0.3, 0.4) is 0 Å². The number of likely N-dealkylation sites (tertiary alicyclic amines) is 1. The number of benzene rings is 1. The molecule has 3 atom stereocenters. The van der Waals surface area contributed by atoms with Crippen LogP contribution in [0.2, 0.25) is 0 Å². The molecule has 1 aromatic carbocycles. The van der Waals surface area contributed by atoms with E-state index in [1.54, 1.807) is 0 Å². The van der Waals surface area contributed by atoms with Crippen LogP contribution >= 0.6 is 0 Å². The average Bonchev–Trinajstić information content (AvgIpc) is 2.90. The molecule has 1 fully saturated rings. The van der Waals surface area contributed by atoms with Crippen LogP contribution in [0.25, 0.3) is 0 Å². The van der Waals surface area contributed by atoms with Gasteiger partial charge in [-0.25, -0.2) is 0 Å². The molecule has 2 heterocycles. The van der Waals surface area contributed by atoms with Gasteiger partial charge in [-0.3, -0.25) is 4.90 Å². The van der Waals surface area contributed by atoms with Crippen molar-refractivity contribution in [3.63, 3.8) is 0 Å². The van der Waals surface area contributed by atoms with E-state index < -0.39 is 0 Å². The van der Waals surface area contributed by atoms with Crippen molar-refractivity contribution in [2.75, 3.05) is 19.7 Å². The van der Waals surface area contributed by atoms with Crippen molar-refractivity contribution in [1.82, 2.24) is 10.2 Å². The van der Waals surface area contributed by atoms with Gasteiger partial charge in [0.25, 0.3) is 0 Å². The Balaban J connectivity index is 1.86. The van der Waals surface area contributed by atoms with Crippen LogP contribution in [0.1, 0.15) is 44.7 Å². The van der Waals surface area contributed by atoms with E-state index >= 15 is 0 Å². The van der Waals surface area contributed by atoms with E-state index in [0.29, 0.717) is 18.1 Å². The quantitative estimate of drug-likeness (QED) is 0.913. The molecule has 20 heavy (non-hydrogen) atoms. The summed E-state index contributed by atoms with van der Waals surface area (Å²) in [6.45, 7) is 7.66. The molecule has 0 aromatic heterocycles. The van der Waals surface area contributed by atoms with Crippen molar-refractivity contribution in [1.29, 1.82) is 0 Å². The lowest BCUT2D eigenvalue weighted by Gasteiger charge is -2.41. The van der Waals surface area contributed by atoms with E-state index in [0.717, 1.165) is 18.9 Å². The summed E-state index contributed by atoms with van der Waals surface area (Å²) in [7, 11) is 0. The minimum Gasteiger partial charge on any atom is -0.492 e. The molecule has 2 aliphatic heterocycles. The number of hydrogen-bond acceptors (Lipinski definition) is 3. The Labute approximate surface area is 122 Å². The first-order chi connectivity index (χ1) is 9.81. The molecule has 0 aliphatic carbocycles. The van der Waals surface area contributed by atoms with Crippen LogP contribution in [0.4, 0.5) is 0 Å². The number of ether oxygens (including phenoxy) is 1.